The third kappa shape index (κ3) is 4.76. The molecule has 0 saturated heterocycles. The van der Waals surface area contributed by atoms with Gasteiger partial charge in [-0.15, -0.1) is 11.3 Å². The van der Waals surface area contributed by atoms with Gasteiger partial charge in [-0.2, -0.15) is 11.8 Å². The highest BCUT2D eigenvalue weighted by Gasteiger charge is 2.09. The summed E-state index contributed by atoms with van der Waals surface area (Å²) < 4.78 is 0. The van der Waals surface area contributed by atoms with Crippen LogP contribution in [0.1, 0.15) is 34.9 Å². The molecule has 106 valence electrons. The molecule has 0 aliphatic heterocycles. The molecule has 20 heavy (non-hydrogen) atoms. The molecule has 0 unspecified atom stereocenters. The van der Waals surface area contributed by atoms with E-state index in [-0.39, 0.29) is 5.78 Å². The molecule has 1 heterocycles. The van der Waals surface area contributed by atoms with E-state index in [4.69, 9.17) is 0 Å². The molecular weight excluding hydrogens is 286 g/mol. The second-order valence-electron chi connectivity index (χ2n) is 5.11. The first-order chi connectivity index (χ1) is 9.65. The molecule has 0 bridgehead atoms. The summed E-state index contributed by atoms with van der Waals surface area (Å²) in [5, 5.41) is 3.12. The van der Waals surface area contributed by atoms with Crippen molar-refractivity contribution >= 4 is 28.9 Å². The highest BCUT2D eigenvalue weighted by molar-refractivity contribution is 7.98. The Kier molecular flexibility index (Phi) is 5.80. The molecule has 2 aromatic rings. The van der Waals surface area contributed by atoms with E-state index < -0.39 is 0 Å². The molecule has 0 atom stereocenters. The van der Waals surface area contributed by atoms with Crippen LogP contribution >= 0.6 is 23.1 Å². The van der Waals surface area contributed by atoms with Gasteiger partial charge in [0.25, 0.3) is 0 Å². The summed E-state index contributed by atoms with van der Waals surface area (Å²) in [6, 6.07) is 9.41. The molecule has 1 aromatic carbocycles. The third-order valence-corrected chi connectivity index (χ3v) is 5.17. The maximum Gasteiger partial charge on any atom is 0.168 e. The molecule has 0 amide bonds. The molecule has 0 spiro atoms. The maximum absolute atomic E-state index is 12.1. The Morgan fingerprint density at radius 3 is 2.75 bits per heavy atom. The number of carbonyl (C=O) groups excluding carboxylic acids is 1. The minimum atomic E-state index is 0.136. The molecule has 1 aromatic heterocycles. The van der Waals surface area contributed by atoms with Gasteiger partial charge in [0.1, 0.15) is 5.01 Å². The SMILES string of the molecule is CC(C)CSCc1nc(CC(=O)c2ccccc2)cs1. The van der Waals surface area contributed by atoms with E-state index in [0.717, 1.165) is 27.8 Å². The van der Waals surface area contributed by atoms with Gasteiger partial charge in [0.2, 0.25) is 0 Å². The minimum absolute atomic E-state index is 0.136. The van der Waals surface area contributed by atoms with Crippen molar-refractivity contribution in [1.82, 2.24) is 4.98 Å². The first-order valence-electron chi connectivity index (χ1n) is 6.74. The van der Waals surface area contributed by atoms with Crippen LogP contribution in [0.2, 0.25) is 0 Å². The lowest BCUT2D eigenvalue weighted by atomic mass is 10.1. The predicted octanol–water partition coefficient (Wildman–Crippen LogP) is 4.46. The average Bonchev–Trinajstić information content (AvgIpc) is 2.87. The number of Topliss-reactive ketones (excluding diaryl/α,β-unsaturated/α-hetero) is 1. The third-order valence-electron chi connectivity index (χ3n) is 2.71. The van der Waals surface area contributed by atoms with Gasteiger partial charge in [-0.25, -0.2) is 4.98 Å². The number of aromatic nitrogens is 1. The van der Waals surface area contributed by atoms with Gasteiger partial charge in [-0.1, -0.05) is 44.2 Å². The average molecular weight is 305 g/mol. The van der Waals surface area contributed by atoms with Crippen molar-refractivity contribution in [3.63, 3.8) is 0 Å². The Bertz CT molecular complexity index is 549. The summed E-state index contributed by atoms with van der Waals surface area (Å²) in [7, 11) is 0. The second-order valence-corrected chi connectivity index (χ2v) is 7.08. The quantitative estimate of drug-likeness (QED) is 0.708. The lowest BCUT2D eigenvalue weighted by Gasteiger charge is -2.01. The van der Waals surface area contributed by atoms with E-state index in [0.29, 0.717) is 12.3 Å². The molecule has 4 heteroatoms. The number of hydrogen-bond acceptors (Lipinski definition) is 4. The molecule has 0 aliphatic carbocycles. The zero-order valence-electron chi connectivity index (χ0n) is 11.8. The Hall–Kier alpha value is -1.13. The van der Waals surface area contributed by atoms with Crippen molar-refractivity contribution < 1.29 is 4.79 Å². The summed E-state index contributed by atoms with van der Waals surface area (Å²) in [5.41, 5.74) is 1.65. The van der Waals surface area contributed by atoms with Crippen molar-refractivity contribution in [2.75, 3.05) is 5.75 Å². The lowest BCUT2D eigenvalue weighted by Crippen LogP contribution is -2.03. The van der Waals surface area contributed by atoms with Crippen LogP contribution < -0.4 is 0 Å². The van der Waals surface area contributed by atoms with Crippen LogP contribution in [0.4, 0.5) is 0 Å². The monoisotopic (exact) mass is 305 g/mol. The fourth-order valence-electron chi connectivity index (χ4n) is 1.77. The smallest absolute Gasteiger partial charge is 0.168 e. The first-order valence-corrected chi connectivity index (χ1v) is 8.78. The van der Waals surface area contributed by atoms with E-state index in [1.165, 1.54) is 0 Å². The van der Waals surface area contributed by atoms with Crippen LogP contribution in [0, 0.1) is 5.92 Å². The van der Waals surface area contributed by atoms with Crippen LogP contribution in [0.5, 0.6) is 0 Å². The number of thiazole rings is 1. The molecule has 0 fully saturated rings. The van der Waals surface area contributed by atoms with E-state index >= 15 is 0 Å². The number of benzene rings is 1. The van der Waals surface area contributed by atoms with Gasteiger partial charge in [0, 0.05) is 16.7 Å². The van der Waals surface area contributed by atoms with Gasteiger partial charge in [0.05, 0.1) is 12.1 Å². The normalized spacial score (nSPS) is 10.9. The van der Waals surface area contributed by atoms with Crippen molar-refractivity contribution in [3.05, 3.63) is 52.0 Å². The number of thioether (sulfide) groups is 1. The largest absolute Gasteiger partial charge is 0.294 e. The number of rotatable bonds is 7. The number of carbonyl (C=O) groups is 1. The fourth-order valence-corrected chi connectivity index (χ4v) is 3.70. The van der Waals surface area contributed by atoms with Crippen molar-refractivity contribution in [2.24, 2.45) is 5.92 Å². The summed E-state index contributed by atoms with van der Waals surface area (Å²) in [5.74, 6) is 2.94. The highest BCUT2D eigenvalue weighted by Crippen LogP contribution is 2.19. The predicted molar refractivity (Wildman–Crippen MR) is 87.6 cm³/mol. The van der Waals surface area contributed by atoms with Crippen LogP contribution in [0.15, 0.2) is 35.7 Å². The van der Waals surface area contributed by atoms with Crippen molar-refractivity contribution in [1.29, 1.82) is 0 Å². The van der Waals surface area contributed by atoms with Gasteiger partial charge >= 0.3 is 0 Å². The van der Waals surface area contributed by atoms with E-state index in [1.807, 2.05) is 47.5 Å². The van der Waals surface area contributed by atoms with Crippen LogP contribution in [0.25, 0.3) is 0 Å². The van der Waals surface area contributed by atoms with Crippen LogP contribution in [-0.2, 0) is 12.2 Å². The zero-order chi connectivity index (χ0) is 14.4. The Labute approximate surface area is 128 Å². The zero-order valence-corrected chi connectivity index (χ0v) is 13.5. The molecule has 0 N–H and O–H groups in total. The fraction of sp³-hybridized carbons (Fsp3) is 0.375. The lowest BCUT2D eigenvalue weighted by molar-refractivity contribution is 0.0992. The van der Waals surface area contributed by atoms with Gasteiger partial charge in [-0.3, -0.25) is 4.79 Å². The number of ketones is 1. The summed E-state index contributed by atoms with van der Waals surface area (Å²) in [6.07, 6.45) is 0.398. The Morgan fingerprint density at radius 2 is 2.05 bits per heavy atom. The van der Waals surface area contributed by atoms with Gasteiger partial charge in [-0.05, 0) is 11.7 Å². The van der Waals surface area contributed by atoms with Crippen LogP contribution in [-0.4, -0.2) is 16.5 Å². The number of nitrogens with zero attached hydrogens (tertiary/aromatic N) is 1. The molecule has 0 saturated carbocycles. The summed E-state index contributed by atoms with van der Waals surface area (Å²) in [4.78, 5) is 16.6. The number of hydrogen-bond donors (Lipinski definition) is 0. The summed E-state index contributed by atoms with van der Waals surface area (Å²) in [6.45, 7) is 4.44. The minimum Gasteiger partial charge on any atom is -0.294 e. The van der Waals surface area contributed by atoms with E-state index in [2.05, 4.69) is 18.8 Å². The van der Waals surface area contributed by atoms with E-state index in [9.17, 15) is 4.79 Å². The van der Waals surface area contributed by atoms with Crippen molar-refractivity contribution in [3.8, 4) is 0 Å². The molecule has 2 rings (SSSR count). The Balaban J connectivity index is 1.88. The molecule has 0 aliphatic rings. The van der Waals surface area contributed by atoms with E-state index in [1.54, 1.807) is 11.3 Å². The van der Waals surface area contributed by atoms with Gasteiger partial charge < -0.3 is 0 Å². The van der Waals surface area contributed by atoms with Gasteiger partial charge in [0.15, 0.2) is 5.78 Å². The Morgan fingerprint density at radius 1 is 1.30 bits per heavy atom. The molecule has 0 radical (unpaired) electrons. The molecular formula is C16H19NOS2. The second kappa shape index (κ2) is 7.60. The highest BCUT2D eigenvalue weighted by atomic mass is 32.2. The first kappa shape index (κ1) is 15.3. The van der Waals surface area contributed by atoms with Crippen molar-refractivity contribution in [2.45, 2.75) is 26.0 Å². The topological polar surface area (TPSA) is 30.0 Å². The summed E-state index contributed by atoms with van der Waals surface area (Å²) >= 11 is 3.56. The maximum atomic E-state index is 12.1. The van der Waals surface area contributed by atoms with Crippen LogP contribution in [0.3, 0.4) is 0 Å². The molecule has 2 nitrogen and oxygen atoms in total. The standard InChI is InChI=1S/C16H19NOS2/c1-12(2)9-19-11-16-17-14(10-20-16)8-15(18)13-6-4-3-5-7-13/h3-7,10,12H,8-9,11H2,1-2H3.